The van der Waals surface area contributed by atoms with E-state index in [0.717, 1.165) is 0 Å². The van der Waals surface area contributed by atoms with Crippen LogP contribution >= 0.6 is 0 Å². The predicted octanol–water partition coefficient (Wildman–Crippen LogP) is 1.16. The van der Waals surface area contributed by atoms with Crippen molar-refractivity contribution in [3.8, 4) is 11.5 Å². The lowest BCUT2D eigenvalue weighted by molar-refractivity contribution is 0.0826. The molecule has 0 saturated carbocycles. The van der Waals surface area contributed by atoms with Gasteiger partial charge in [-0.05, 0) is 18.2 Å². The lowest BCUT2D eigenvalue weighted by atomic mass is 10.1. The van der Waals surface area contributed by atoms with Crippen LogP contribution in [0.5, 0.6) is 11.5 Å². The molecule has 0 aliphatic carbocycles. The first-order valence-corrected chi connectivity index (χ1v) is 4.80. The number of rotatable bonds is 1. The molecule has 4 heteroatoms. The third-order valence-corrected chi connectivity index (χ3v) is 2.20. The molecule has 1 heterocycles. The Morgan fingerprint density at radius 3 is 2.53 bits per heavy atom. The summed E-state index contributed by atoms with van der Waals surface area (Å²) in [6.45, 7) is 1.10. The SMILES string of the molecule is CN(C)C(=O)c1ccc2c(c1)OCCO2. The summed E-state index contributed by atoms with van der Waals surface area (Å²) in [6, 6.07) is 5.23. The summed E-state index contributed by atoms with van der Waals surface area (Å²) in [5.74, 6) is 1.32. The van der Waals surface area contributed by atoms with Crippen molar-refractivity contribution in [2.24, 2.45) is 0 Å². The Kier molecular flexibility index (Phi) is 2.49. The van der Waals surface area contributed by atoms with E-state index in [1.54, 1.807) is 32.3 Å². The zero-order valence-corrected chi connectivity index (χ0v) is 8.82. The van der Waals surface area contributed by atoms with E-state index in [1.807, 2.05) is 0 Å². The maximum atomic E-state index is 11.7. The Labute approximate surface area is 88.4 Å². The average molecular weight is 207 g/mol. The molecule has 1 aliphatic rings. The van der Waals surface area contributed by atoms with Gasteiger partial charge in [0.15, 0.2) is 11.5 Å². The molecule has 0 saturated heterocycles. The highest BCUT2D eigenvalue weighted by Crippen LogP contribution is 2.30. The molecule has 2 rings (SSSR count). The van der Waals surface area contributed by atoms with Gasteiger partial charge in [0.05, 0.1) is 0 Å². The molecule has 0 spiro atoms. The van der Waals surface area contributed by atoms with Crippen LogP contribution in [0.4, 0.5) is 0 Å². The van der Waals surface area contributed by atoms with Gasteiger partial charge in [0, 0.05) is 19.7 Å². The topological polar surface area (TPSA) is 38.8 Å². The van der Waals surface area contributed by atoms with Crippen molar-refractivity contribution in [2.45, 2.75) is 0 Å². The number of carbonyl (C=O) groups excluding carboxylic acids is 1. The first kappa shape index (κ1) is 9.83. The fourth-order valence-corrected chi connectivity index (χ4v) is 1.43. The maximum absolute atomic E-state index is 11.7. The molecule has 1 aliphatic heterocycles. The number of amides is 1. The second kappa shape index (κ2) is 3.81. The number of carbonyl (C=O) groups is 1. The third kappa shape index (κ3) is 1.88. The number of fused-ring (bicyclic) bond motifs is 1. The van der Waals surface area contributed by atoms with Crippen molar-refractivity contribution in [1.82, 2.24) is 4.90 Å². The summed E-state index contributed by atoms with van der Waals surface area (Å²) in [5, 5.41) is 0. The van der Waals surface area contributed by atoms with Crippen LogP contribution in [0.15, 0.2) is 18.2 Å². The number of ether oxygens (including phenoxy) is 2. The first-order valence-electron chi connectivity index (χ1n) is 4.80. The van der Waals surface area contributed by atoms with Crippen molar-refractivity contribution in [1.29, 1.82) is 0 Å². The van der Waals surface area contributed by atoms with Crippen molar-refractivity contribution >= 4 is 5.91 Å². The van der Waals surface area contributed by atoms with E-state index in [0.29, 0.717) is 30.3 Å². The summed E-state index contributed by atoms with van der Waals surface area (Å²) in [6.07, 6.45) is 0. The monoisotopic (exact) mass is 207 g/mol. The molecule has 0 unspecified atom stereocenters. The molecule has 0 bridgehead atoms. The standard InChI is InChI=1S/C11H13NO3/c1-12(2)11(13)8-3-4-9-10(7-8)15-6-5-14-9/h3-4,7H,5-6H2,1-2H3. The van der Waals surface area contributed by atoms with Crippen LogP contribution in [0.1, 0.15) is 10.4 Å². The van der Waals surface area contributed by atoms with Crippen LogP contribution in [0.3, 0.4) is 0 Å². The van der Waals surface area contributed by atoms with Gasteiger partial charge in [-0.15, -0.1) is 0 Å². The Bertz CT molecular complexity index is 387. The van der Waals surface area contributed by atoms with Crippen molar-refractivity contribution in [3.05, 3.63) is 23.8 Å². The molecule has 0 radical (unpaired) electrons. The van der Waals surface area contributed by atoms with Crippen molar-refractivity contribution in [3.63, 3.8) is 0 Å². The molecule has 15 heavy (non-hydrogen) atoms. The lowest BCUT2D eigenvalue weighted by Gasteiger charge is -2.19. The largest absolute Gasteiger partial charge is 0.486 e. The van der Waals surface area contributed by atoms with Crippen molar-refractivity contribution in [2.75, 3.05) is 27.3 Å². The molecule has 1 aromatic carbocycles. The molecule has 0 aromatic heterocycles. The van der Waals surface area contributed by atoms with Gasteiger partial charge in [-0.2, -0.15) is 0 Å². The van der Waals surface area contributed by atoms with Gasteiger partial charge in [-0.3, -0.25) is 4.79 Å². The highest BCUT2D eigenvalue weighted by molar-refractivity contribution is 5.94. The number of benzene rings is 1. The Balaban J connectivity index is 2.32. The minimum Gasteiger partial charge on any atom is -0.486 e. The van der Waals surface area contributed by atoms with Gasteiger partial charge in [0.2, 0.25) is 0 Å². The minimum atomic E-state index is -0.0352. The summed E-state index contributed by atoms with van der Waals surface area (Å²) in [7, 11) is 3.44. The molecule has 1 aromatic rings. The molecule has 0 N–H and O–H groups in total. The fourth-order valence-electron chi connectivity index (χ4n) is 1.43. The highest BCUT2D eigenvalue weighted by atomic mass is 16.6. The molecule has 0 atom stereocenters. The molecular weight excluding hydrogens is 194 g/mol. The van der Waals surface area contributed by atoms with E-state index in [4.69, 9.17) is 9.47 Å². The quantitative estimate of drug-likeness (QED) is 0.693. The average Bonchev–Trinajstić information content (AvgIpc) is 2.27. The molecule has 0 fully saturated rings. The van der Waals surface area contributed by atoms with Gasteiger partial charge in [0.1, 0.15) is 13.2 Å². The summed E-state index contributed by atoms with van der Waals surface area (Å²) < 4.78 is 10.8. The zero-order valence-electron chi connectivity index (χ0n) is 8.82. The fraction of sp³-hybridized carbons (Fsp3) is 0.364. The van der Waals surface area contributed by atoms with E-state index in [2.05, 4.69) is 0 Å². The minimum absolute atomic E-state index is 0.0352. The van der Waals surface area contributed by atoms with Crippen LogP contribution in [-0.2, 0) is 0 Å². The second-order valence-electron chi connectivity index (χ2n) is 3.56. The summed E-state index contributed by atoms with van der Waals surface area (Å²) >= 11 is 0. The Morgan fingerprint density at radius 2 is 1.87 bits per heavy atom. The summed E-state index contributed by atoms with van der Waals surface area (Å²) in [4.78, 5) is 13.2. The van der Waals surface area contributed by atoms with Crippen LogP contribution in [0.25, 0.3) is 0 Å². The second-order valence-corrected chi connectivity index (χ2v) is 3.56. The smallest absolute Gasteiger partial charge is 0.253 e. The van der Waals surface area contributed by atoms with Crippen LogP contribution in [-0.4, -0.2) is 38.1 Å². The number of hydrogen-bond acceptors (Lipinski definition) is 3. The third-order valence-electron chi connectivity index (χ3n) is 2.20. The lowest BCUT2D eigenvalue weighted by Crippen LogP contribution is -2.22. The van der Waals surface area contributed by atoms with Crippen LogP contribution < -0.4 is 9.47 Å². The zero-order chi connectivity index (χ0) is 10.8. The number of nitrogens with zero attached hydrogens (tertiary/aromatic N) is 1. The molecule has 1 amide bonds. The molecular formula is C11H13NO3. The first-order chi connectivity index (χ1) is 7.18. The number of hydrogen-bond donors (Lipinski definition) is 0. The maximum Gasteiger partial charge on any atom is 0.253 e. The Hall–Kier alpha value is -1.71. The van der Waals surface area contributed by atoms with Gasteiger partial charge in [0.25, 0.3) is 5.91 Å². The molecule has 4 nitrogen and oxygen atoms in total. The van der Waals surface area contributed by atoms with Crippen molar-refractivity contribution < 1.29 is 14.3 Å². The van der Waals surface area contributed by atoms with Gasteiger partial charge in [-0.1, -0.05) is 0 Å². The van der Waals surface area contributed by atoms with E-state index < -0.39 is 0 Å². The van der Waals surface area contributed by atoms with Crippen LogP contribution in [0, 0.1) is 0 Å². The Morgan fingerprint density at radius 1 is 1.20 bits per heavy atom. The predicted molar refractivity (Wildman–Crippen MR) is 55.4 cm³/mol. The van der Waals surface area contributed by atoms with Gasteiger partial charge >= 0.3 is 0 Å². The van der Waals surface area contributed by atoms with Gasteiger partial charge in [-0.25, -0.2) is 0 Å². The van der Waals surface area contributed by atoms with E-state index >= 15 is 0 Å². The normalized spacial score (nSPS) is 13.5. The summed E-state index contributed by atoms with van der Waals surface area (Å²) in [5.41, 5.74) is 0.615. The highest BCUT2D eigenvalue weighted by Gasteiger charge is 2.15. The van der Waals surface area contributed by atoms with Crippen LogP contribution in [0.2, 0.25) is 0 Å². The van der Waals surface area contributed by atoms with E-state index in [-0.39, 0.29) is 5.91 Å². The van der Waals surface area contributed by atoms with E-state index in [1.165, 1.54) is 4.90 Å². The molecule has 80 valence electrons. The van der Waals surface area contributed by atoms with E-state index in [9.17, 15) is 4.79 Å². The van der Waals surface area contributed by atoms with Gasteiger partial charge < -0.3 is 14.4 Å².